The molecule has 0 aliphatic carbocycles. The predicted molar refractivity (Wildman–Crippen MR) is 135 cm³/mol. The van der Waals surface area contributed by atoms with E-state index < -0.39 is 24.0 Å². The molecule has 1 saturated heterocycles. The molecule has 7 heteroatoms. The van der Waals surface area contributed by atoms with Gasteiger partial charge in [-0.25, -0.2) is 4.79 Å². The summed E-state index contributed by atoms with van der Waals surface area (Å²) in [5, 5.41) is 2.66. The zero-order chi connectivity index (χ0) is 25.5. The number of esters is 1. The molecule has 1 atom stereocenters. The summed E-state index contributed by atoms with van der Waals surface area (Å²) in [6.45, 7) is 3.47. The number of hydrogen-bond donors (Lipinski definition) is 1. The lowest BCUT2D eigenvalue weighted by Gasteiger charge is -2.39. The van der Waals surface area contributed by atoms with E-state index in [1.807, 2.05) is 66.7 Å². The third-order valence-corrected chi connectivity index (χ3v) is 5.74. The van der Waals surface area contributed by atoms with E-state index in [2.05, 4.69) is 5.32 Å². The van der Waals surface area contributed by atoms with Crippen molar-refractivity contribution in [3.8, 4) is 5.75 Å². The van der Waals surface area contributed by atoms with Gasteiger partial charge in [0.05, 0.1) is 6.54 Å². The summed E-state index contributed by atoms with van der Waals surface area (Å²) in [6, 6.07) is 27.1. The van der Waals surface area contributed by atoms with Gasteiger partial charge in [-0.05, 0) is 42.7 Å². The lowest BCUT2D eigenvalue weighted by Crippen LogP contribution is -2.64. The molecule has 1 N–H and O–H groups in total. The summed E-state index contributed by atoms with van der Waals surface area (Å²) in [5.74, 6) is -0.813. The normalized spacial score (nSPS) is 14.6. The highest BCUT2D eigenvalue weighted by Gasteiger charge is 2.43. The van der Waals surface area contributed by atoms with E-state index in [9.17, 15) is 14.4 Å². The molecule has 0 bridgehead atoms. The number of hydrogen-bond acceptors (Lipinski definition) is 5. The van der Waals surface area contributed by atoms with Gasteiger partial charge in [0, 0.05) is 0 Å². The number of likely N-dealkylation sites (tertiary alicyclic amines) is 1. The van der Waals surface area contributed by atoms with Gasteiger partial charge < -0.3 is 19.7 Å². The average Bonchev–Trinajstić information content (AvgIpc) is 2.91. The van der Waals surface area contributed by atoms with Crippen LogP contribution in [0, 0.1) is 0 Å². The first-order valence-electron chi connectivity index (χ1n) is 11.7. The number of rotatable bonds is 9. The molecule has 3 aromatic rings. The predicted octanol–water partition coefficient (Wildman–Crippen LogP) is 4.02. The van der Waals surface area contributed by atoms with Gasteiger partial charge in [-0.2, -0.15) is 0 Å². The number of carbonyl (C=O) groups excluding carboxylic acids is 3. The van der Waals surface area contributed by atoms with Crippen LogP contribution in [0.1, 0.15) is 31.1 Å². The van der Waals surface area contributed by atoms with Gasteiger partial charge in [0.1, 0.15) is 17.5 Å². The van der Waals surface area contributed by atoms with Crippen LogP contribution in [0.3, 0.4) is 0 Å². The third kappa shape index (κ3) is 5.81. The molecule has 4 rings (SSSR count). The minimum Gasteiger partial charge on any atom is -0.484 e. The van der Waals surface area contributed by atoms with Crippen LogP contribution in [-0.2, 0) is 19.1 Å². The Kier molecular flexibility index (Phi) is 7.80. The van der Waals surface area contributed by atoms with E-state index in [-0.39, 0.29) is 24.8 Å². The van der Waals surface area contributed by atoms with Crippen molar-refractivity contribution >= 4 is 17.8 Å². The molecule has 0 spiro atoms. The zero-order valence-electron chi connectivity index (χ0n) is 20.2. The first kappa shape index (κ1) is 24.7. The number of allylic oxidation sites excluding steroid dienone is 1. The number of β-lactam (4-membered cyclic amide) rings is 1. The molecule has 0 saturated carbocycles. The maximum absolute atomic E-state index is 13.3. The quantitative estimate of drug-likeness (QED) is 0.282. The number of carbonyl (C=O) groups is 3. The van der Waals surface area contributed by atoms with Crippen molar-refractivity contribution in [3.63, 3.8) is 0 Å². The number of ether oxygens (including phenoxy) is 2. The fraction of sp³-hybridized carbons (Fsp3) is 0.207. The monoisotopic (exact) mass is 484 g/mol. The molecule has 36 heavy (non-hydrogen) atoms. The van der Waals surface area contributed by atoms with Crippen LogP contribution in [0.2, 0.25) is 0 Å². The Morgan fingerprint density at radius 1 is 0.889 bits per heavy atom. The van der Waals surface area contributed by atoms with Gasteiger partial charge >= 0.3 is 5.97 Å². The second-order valence-electron chi connectivity index (χ2n) is 8.63. The highest BCUT2D eigenvalue weighted by Crippen LogP contribution is 2.29. The van der Waals surface area contributed by atoms with Crippen LogP contribution in [-0.4, -0.2) is 41.9 Å². The van der Waals surface area contributed by atoms with E-state index in [0.717, 1.165) is 11.1 Å². The third-order valence-electron chi connectivity index (χ3n) is 5.74. The summed E-state index contributed by atoms with van der Waals surface area (Å²) >= 11 is 0. The Morgan fingerprint density at radius 3 is 1.92 bits per heavy atom. The maximum Gasteiger partial charge on any atom is 0.355 e. The smallest absolute Gasteiger partial charge is 0.355 e. The Hall–Kier alpha value is -4.39. The molecular formula is C29H28N2O5. The standard InChI is InChI=1S/C29H28N2O5/c1-20(2)26(29(34)36-27(21-12-6-3-7-13-21)22-14-8-4-9-15-22)31-18-24(28(31)33)30-25(32)19-35-23-16-10-5-11-17-23/h3-17,24,27H,18-19H2,1-2H3,(H,30,32). The van der Waals surface area contributed by atoms with Crippen molar-refractivity contribution < 1.29 is 23.9 Å². The minimum absolute atomic E-state index is 0.173. The lowest BCUT2D eigenvalue weighted by atomic mass is 10.0. The van der Waals surface area contributed by atoms with Crippen molar-refractivity contribution in [1.29, 1.82) is 0 Å². The Morgan fingerprint density at radius 2 is 1.42 bits per heavy atom. The minimum atomic E-state index is -0.724. The van der Waals surface area contributed by atoms with Crippen molar-refractivity contribution in [3.05, 3.63) is 113 Å². The molecule has 7 nitrogen and oxygen atoms in total. The van der Waals surface area contributed by atoms with Gasteiger partial charge in [-0.3, -0.25) is 9.59 Å². The number of para-hydroxylation sites is 1. The molecule has 2 amide bonds. The Balaban J connectivity index is 1.41. The molecule has 0 radical (unpaired) electrons. The fourth-order valence-corrected chi connectivity index (χ4v) is 3.97. The molecule has 1 fully saturated rings. The molecule has 3 aromatic carbocycles. The molecule has 184 valence electrons. The number of nitrogens with zero attached hydrogens (tertiary/aromatic N) is 1. The second kappa shape index (κ2) is 11.4. The number of benzene rings is 3. The molecule has 1 aliphatic rings. The van der Waals surface area contributed by atoms with Crippen LogP contribution in [0.4, 0.5) is 0 Å². The van der Waals surface area contributed by atoms with Crippen LogP contribution in [0.5, 0.6) is 5.75 Å². The SMILES string of the molecule is CC(C)=C(C(=O)OC(c1ccccc1)c1ccccc1)N1CC(NC(=O)COc2ccccc2)C1=O. The molecule has 1 unspecified atom stereocenters. The second-order valence-corrected chi connectivity index (χ2v) is 8.63. The van der Waals surface area contributed by atoms with Gasteiger partial charge in [0.15, 0.2) is 12.7 Å². The maximum atomic E-state index is 13.3. The van der Waals surface area contributed by atoms with Crippen LogP contribution in [0.25, 0.3) is 0 Å². The zero-order valence-corrected chi connectivity index (χ0v) is 20.2. The van der Waals surface area contributed by atoms with Gasteiger partial charge in [-0.1, -0.05) is 78.9 Å². The van der Waals surface area contributed by atoms with Crippen LogP contribution >= 0.6 is 0 Å². The number of nitrogens with one attached hydrogen (secondary N) is 1. The topological polar surface area (TPSA) is 84.9 Å². The number of amides is 2. The fourth-order valence-electron chi connectivity index (χ4n) is 3.97. The summed E-state index contributed by atoms with van der Waals surface area (Å²) in [4.78, 5) is 39.8. The van der Waals surface area contributed by atoms with E-state index in [1.165, 1.54) is 4.90 Å². The highest BCUT2D eigenvalue weighted by atomic mass is 16.5. The van der Waals surface area contributed by atoms with Crippen LogP contribution in [0.15, 0.2) is 102 Å². The van der Waals surface area contributed by atoms with Crippen molar-refractivity contribution in [2.45, 2.75) is 26.0 Å². The van der Waals surface area contributed by atoms with Gasteiger partial charge in [-0.15, -0.1) is 0 Å². The first-order valence-corrected chi connectivity index (χ1v) is 11.7. The average molecular weight is 485 g/mol. The van der Waals surface area contributed by atoms with Crippen molar-refractivity contribution in [2.75, 3.05) is 13.2 Å². The summed E-state index contributed by atoms with van der Waals surface area (Å²) < 4.78 is 11.4. The van der Waals surface area contributed by atoms with Crippen molar-refractivity contribution in [1.82, 2.24) is 10.2 Å². The van der Waals surface area contributed by atoms with E-state index in [0.29, 0.717) is 11.3 Å². The largest absolute Gasteiger partial charge is 0.484 e. The Bertz CT molecular complexity index is 1200. The van der Waals surface area contributed by atoms with Gasteiger partial charge in [0.25, 0.3) is 11.8 Å². The van der Waals surface area contributed by atoms with Crippen LogP contribution < -0.4 is 10.1 Å². The molecule has 1 aliphatic heterocycles. The first-order chi connectivity index (χ1) is 17.4. The molecule has 1 heterocycles. The van der Waals surface area contributed by atoms with E-state index >= 15 is 0 Å². The van der Waals surface area contributed by atoms with Crippen molar-refractivity contribution in [2.24, 2.45) is 0 Å². The summed E-state index contributed by atoms with van der Waals surface area (Å²) in [5.41, 5.74) is 2.47. The van der Waals surface area contributed by atoms with Gasteiger partial charge in [0.2, 0.25) is 0 Å². The Labute approximate surface area is 210 Å². The highest BCUT2D eigenvalue weighted by molar-refractivity contribution is 6.01. The molecular weight excluding hydrogens is 456 g/mol. The van der Waals surface area contributed by atoms with E-state index in [1.54, 1.807) is 38.1 Å². The van der Waals surface area contributed by atoms with E-state index in [4.69, 9.17) is 9.47 Å². The summed E-state index contributed by atoms with van der Waals surface area (Å²) in [7, 11) is 0. The summed E-state index contributed by atoms with van der Waals surface area (Å²) in [6.07, 6.45) is -0.628. The lowest BCUT2D eigenvalue weighted by molar-refractivity contribution is -0.153. The molecule has 0 aromatic heterocycles.